The molecule has 28 heavy (non-hydrogen) atoms. The van der Waals surface area contributed by atoms with Crippen LogP contribution in [0, 0.1) is 17.8 Å². The van der Waals surface area contributed by atoms with Gasteiger partial charge in [0.25, 0.3) is 5.91 Å². The van der Waals surface area contributed by atoms with E-state index < -0.39 is 12.0 Å². The maximum Gasteiger partial charge on any atom is 0.252 e. The van der Waals surface area contributed by atoms with Crippen molar-refractivity contribution < 1.29 is 14.3 Å². The number of ether oxygens (including phenoxy) is 1. The largest absolute Gasteiger partial charge is 0.481 e. The van der Waals surface area contributed by atoms with Crippen molar-refractivity contribution in [3.63, 3.8) is 0 Å². The van der Waals surface area contributed by atoms with Crippen molar-refractivity contribution in [2.45, 2.75) is 68.9 Å². The molecule has 6 rings (SSSR count). The molecule has 5 unspecified atom stereocenters. The molecule has 1 amide bonds. The van der Waals surface area contributed by atoms with E-state index in [-0.39, 0.29) is 11.2 Å². The van der Waals surface area contributed by atoms with Gasteiger partial charge in [0, 0.05) is 23.4 Å². The molecule has 3 fully saturated rings. The first kappa shape index (κ1) is 17.0. The molecule has 148 valence electrons. The summed E-state index contributed by atoms with van der Waals surface area (Å²) in [5, 5.41) is 3.91. The van der Waals surface area contributed by atoms with E-state index in [2.05, 4.69) is 11.4 Å². The quantitative estimate of drug-likeness (QED) is 0.841. The fourth-order valence-electron chi connectivity index (χ4n) is 7.13. The minimum absolute atomic E-state index is 0.204. The van der Waals surface area contributed by atoms with Crippen molar-refractivity contribution >= 4 is 11.7 Å². The van der Waals surface area contributed by atoms with Crippen LogP contribution in [0.5, 0.6) is 5.75 Å². The lowest BCUT2D eigenvalue weighted by Gasteiger charge is -2.56. The molecule has 1 spiro atoms. The number of hydrogen-bond acceptors (Lipinski definition) is 4. The Morgan fingerprint density at radius 2 is 2.11 bits per heavy atom. The van der Waals surface area contributed by atoms with Gasteiger partial charge >= 0.3 is 0 Å². The number of carbonyl (C=O) groups excluding carboxylic acids is 2. The second kappa shape index (κ2) is 5.82. The highest BCUT2D eigenvalue weighted by atomic mass is 16.5. The number of amides is 1. The van der Waals surface area contributed by atoms with Gasteiger partial charge in [-0.1, -0.05) is 12.5 Å². The number of ketones is 1. The molecule has 5 heteroatoms. The molecule has 3 N–H and O–H groups in total. The van der Waals surface area contributed by atoms with Gasteiger partial charge in [-0.2, -0.15) is 0 Å². The lowest BCUT2D eigenvalue weighted by atomic mass is 9.47. The van der Waals surface area contributed by atoms with E-state index >= 15 is 0 Å². The van der Waals surface area contributed by atoms with Gasteiger partial charge in [0.2, 0.25) is 0 Å². The highest BCUT2D eigenvalue weighted by Gasteiger charge is 2.65. The van der Waals surface area contributed by atoms with Crippen LogP contribution in [0.3, 0.4) is 0 Å². The summed E-state index contributed by atoms with van der Waals surface area (Å²) in [6.07, 6.45) is 8.30. The molecule has 0 saturated heterocycles. The zero-order chi connectivity index (χ0) is 19.0. The summed E-state index contributed by atoms with van der Waals surface area (Å²) in [5.41, 5.74) is 8.27. The second-order valence-corrected chi connectivity index (χ2v) is 9.71. The Bertz CT molecular complexity index is 877. The minimum atomic E-state index is -0.463. The minimum Gasteiger partial charge on any atom is -0.481 e. The standard InChI is InChI=1S/C23H28N2O3/c24-22(27)14-5-4-13-10-15-16-6-7-18(26)21-23(16,19(13)20(14)28-21)9-8-17(15)25-11-12-2-1-3-12/h4-5,12,15-17,21,25H,1-3,6-11H2,(H2,24,27). The van der Waals surface area contributed by atoms with Crippen molar-refractivity contribution in [2.24, 2.45) is 23.5 Å². The zero-order valence-electron chi connectivity index (χ0n) is 16.2. The average molecular weight is 380 g/mol. The Hall–Kier alpha value is -1.88. The summed E-state index contributed by atoms with van der Waals surface area (Å²) in [6.45, 7) is 1.14. The fraction of sp³-hybridized carbons (Fsp3) is 0.652. The number of rotatable bonds is 4. The Balaban J connectivity index is 1.43. The summed E-state index contributed by atoms with van der Waals surface area (Å²) < 4.78 is 6.27. The van der Waals surface area contributed by atoms with E-state index in [1.165, 1.54) is 24.8 Å². The van der Waals surface area contributed by atoms with Crippen LogP contribution in [-0.2, 0) is 16.6 Å². The van der Waals surface area contributed by atoms with Crippen molar-refractivity contribution in [2.75, 3.05) is 6.54 Å². The van der Waals surface area contributed by atoms with E-state index in [9.17, 15) is 9.59 Å². The number of Topliss-reactive ketones (excluding diaryl/α,β-unsaturated/α-hetero) is 1. The molecule has 2 bridgehead atoms. The normalized spacial score (nSPS) is 37.8. The number of primary amides is 1. The zero-order valence-corrected chi connectivity index (χ0v) is 16.2. The van der Waals surface area contributed by atoms with Crippen LogP contribution in [-0.4, -0.2) is 30.4 Å². The first-order valence-corrected chi connectivity index (χ1v) is 11.0. The highest BCUT2D eigenvalue weighted by Crippen LogP contribution is 2.64. The molecule has 4 aliphatic carbocycles. The molecule has 1 aromatic carbocycles. The van der Waals surface area contributed by atoms with Gasteiger partial charge in [-0.25, -0.2) is 0 Å². The smallest absolute Gasteiger partial charge is 0.252 e. The fourth-order valence-corrected chi connectivity index (χ4v) is 7.13. The van der Waals surface area contributed by atoms with Gasteiger partial charge in [0.1, 0.15) is 5.75 Å². The van der Waals surface area contributed by atoms with Crippen LogP contribution in [0.15, 0.2) is 12.1 Å². The number of hydrogen-bond donors (Lipinski definition) is 2. The van der Waals surface area contributed by atoms with Gasteiger partial charge < -0.3 is 15.8 Å². The number of benzene rings is 1. The van der Waals surface area contributed by atoms with Crippen LogP contribution >= 0.6 is 0 Å². The van der Waals surface area contributed by atoms with E-state index in [0.29, 0.717) is 35.6 Å². The molecule has 5 atom stereocenters. The van der Waals surface area contributed by atoms with E-state index in [4.69, 9.17) is 10.5 Å². The SMILES string of the molecule is NC(=O)c1ccc2c3c1OC1C(=O)CCC4C(C2)C(NCC2CCC2)CCC314. The van der Waals surface area contributed by atoms with Crippen molar-refractivity contribution in [3.05, 3.63) is 28.8 Å². The summed E-state index contributed by atoms with van der Waals surface area (Å²) in [4.78, 5) is 24.9. The highest BCUT2D eigenvalue weighted by molar-refractivity contribution is 5.98. The van der Waals surface area contributed by atoms with Crippen molar-refractivity contribution in [1.29, 1.82) is 0 Å². The van der Waals surface area contributed by atoms with Crippen LogP contribution in [0.25, 0.3) is 0 Å². The lowest BCUT2D eigenvalue weighted by molar-refractivity contribution is -0.137. The Labute approximate surface area is 165 Å². The number of carbonyl (C=O) groups is 2. The molecule has 1 aromatic rings. The molecule has 1 aliphatic heterocycles. The third-order valence-corrected chi connectivity index (χ3v) is 8.59. The van der Waals surface area contributed by atoms with Crippen LogP contribution in [0.2, 0.25) is 0 Å². The van der Waals surface area contributed by atoms with Gasteiger partial charge in [0.05, 0.1) is 5.56 Å². The third kappa shape index (κ3) is 2.06. The summed E-state index contributed by atoms with van der Waals surface area (Å²) >= 11 is 0. The Morgan fingerprint density at radius 1 is 1.25 bits per heavy atom. The summed E-state index contributed by atoms with van der Waals surface area (Å²) in [7, 11) is 0. The van der Waals surface area contributed by atoms with Crippen LogP contribution in [0.1, 0.15) is 66.4 Å². The predicted molar refractivity (Wildman–Crippen MR) is 104 cm³/mol. The molecular weight excluding hydrogens is 352 g/mol. The first-order valence-electron chi connectivity index (χ1n) is 11.0. The third-order valence-electron chi connectivity index (χ3n) is 8.59. The first-order chi connectivity index (χ1) is 13.6. The molecule has 5 nitrogen and oxygen atoms in total. The lowest BCUT2D eigenvalue weighted by Crippen LogP contribution is -2.63. The predicted octanol–water partition coefficient (Wildman–Crippen LogP) is 2.49. The molecular formula is C23H28N2O3. The second-order valence-electron chi connectivity index (χ2n) is 9.71. The molecule has 0 aromatic heterocycles. The van der Waals surface area contributed by atoms with Gasteiger partial charge in [-0.05, 0) is 74.5 Å². The summed E-state index contributed by atoms with van der Waals surface area (Å²) in [6, 6.07) is 4.41. The monoisotopic (exact) mass is 380 g/mol. The Kier molecular flexibility index (Phi) is 3.54. The van der Waals surface area contributed by atoms with Gasteiger partial charge in [-0.3, -0.25) is 9.59 Å². The van der Waals surface area contributed by atoms with Gasteiger partial charge in [-0.15, -0.1) is 0 Å². The number of nitrogens with two attached hydrogens (primary N) is 1. The Morgan fingerprint density at radius 3 is 2.86 bits per heavy atom. The molecule has 5 aliphatic rings. The van der Waals surface area contributed by atoms with E-state index in [1.54, 1.807) is 0 Å². The molecule has 3 saturated carbocycles. The molecule has 0 radical (unpaired) electrons. The van der Waals surface area contributed by atoms with Crippen LogP contribution in [0.4, 0.5) is 0 Å². The van der Waals surface area contributed by atoms with E-state index in [1.807, 2.05) is 6.07 Å². The maximum atomic E-state index is 12.9. The topological polar surface area (TPSA) is 81.4 Å². The maximum absolute atomic E-state index is 12.9. The molecule has 1 heterocycles. The average Bonchev–Trinajstić information content (AvgIpc) is 2.98. The van der Waals surface area contributed by atoms with E-state index in [0.717, 1.165) is 43.7 Å². The number of nitrogens with one attached hydrogen (secondary N) is 1. The van der Waals surface area contributed by atoms with Crippen molar-refractivity contribution in [1.82, 2.24) is 5.32 Å². The summed E-state index contributed by atoms with van der Waals surface area (Å²) in [5.74, 6) is 2.22. The van der Waals surface area contributed by atoms with Crippen molar-refractivity contribution in [3.8, 4) is 5.75 Å². The van der Waals surface area contributed by atoms with Crippen LogP contribution < -0.4 is 15.8 Å². The van der Waals surface area contributed by atoms with Gasteiger partial charge in [0.15, 0.2) is 11.9 Å².